The molecule has 1 aromatic carbocycles. The van der Waals surface area contributed by atoms with Gasteiger partial charge in [0.2, 0.25) is 0 Å². The van der Waals surface area contributed by atoms with E-state index >= 15 is 0 Å². The molecule has 0 unspecified atom stereocenters. The molecule has 1 aliphatic heterocycles. The summed E-state index contributed by atoms with van der Waals surface area (Å²) in [7, 11) is 3.70. The second kappa shape index (κ2) is 12.2. The summed E-state index contributed by atoms with van der Waals surface area (Å²) in [5.74, 6) is 7.22. The van der Waals surface area contributed by atoms with Crippen LogP contribution < -0.4 is 5.32 Å². The van der Waals surface area contributed by atoms with E-state index in [1.807, 2.05) is 7.05 Å². The topological polar surface area (TPSA) is 36.9 Å². The van der Waals surface area contributed by atoms with Crippen LogP contribution in [0.1, 0.15) is 30.4 Å². The van der Waals surface area contributed by atoms with Gasteiger partial charge in [-0.2, -0.15) is 13.2 Å². The highest BCUT2D eigenvalue weighted by atomic mass is 127. The maximum atomic E-state index is 12.5. The number of hydrogen-bond donors (Lipinski definition) is 1. The van der Waals surface area contributed by atoms with Gasteiger partial charge in [0, 0.05) is 39.4 Å². The lowest BCUT2D eigenvalue weighted by Crippen LogP contribution is -2.40. The number of ether oxygens (including phenoxy) is 1. The predicted octanol–water partition coefficient (Wildman–Crippen LogP) is 4.00. The summed E-state index contributed by atoms with van der Waals surface area (Å²) in [6, 6.07) is 4.84. The standard InChI is InChI=1S/C20H26F3N3O.HI/c1-24-19(26(2)13-9-17-10-14-27-15-11-17)25-12-3-4-16-5-7-18(8-6-16)20(21,22)23;/h5-8,17H,9-15H2,1-2H3,(H,24,25);1H. The molecule has 1 fully saturated rings. The Kier molecular flexibility index (Phi) is 10.7. The van der Waals surface area contributed by atoms with Gasteiger partial charge in [-0.05, 0) is 49.4 Å². The Hall–Kier alpha value is -1.47. The molecule has 1 heterocycles. The largest absolute Gasteiger partial charge is 0.416 e. The summed E-state index contributed by atoms with van der Waals surface area (Å²) in [6.07, 6.45) is -1.01. The second-order valence-electron chi connectivity index (χ2n) is 6.54. The molecule has 156 valence electrons. The van der Waals surface area contributed by atoms with Gasteiger partial charge >= 0.3 is 6.18 Å². The molecule has 0 spiro atoms. The van der Waals surface area contributed by atoms with Crippen molar-refractivity contribution in [3.63, 3.8) is 0 Å². The summed E-state index contributed by atoms with van der Waals surface area (Å²) >= 11 is 0. The lowest BCUT2D eigenvalue weighted by atomic mass is 9.96. The first-order valence-corrected chi connectivity index (χ1v) is 9.06. The Morgan fingerprint density at radius 1 is 1.25 bits per heavy atom. The van der Waals surface area contributed by atoms with Crippen LogP contribution in [0.15, 0.2) is 29.3 Å². The molecule has 0 atom stereocenters. The molecule has 0 aliphatic carbocycles. The molecule has 0 aromatic heterocycles. The lowest BCUT2D eigenvalue weighted by Gasteiger charge is -2.26. The number of halogens is 4. The molecule has 1 saturated heterocycles. The van der Waals surface area contributed by atoms with Crippen LogP contribution in [0.2, 0.25) is 0 Å². The number of hydrogen-bond acceptors (Lipinski definition) is 2. The first-order valence-electron chi connectivity index (χ1n) is 9.06. The number of nitrogens with one attached hydrogen (secondary N) is 1. The highest BCUT2D eigenvalue weighted by molar-refractivity contribution is 14.0. The number of guanidine groups is 1. The summed E-state index contributed by atoms with van der Waals surface area (Å²) in [5, 5.41) is 3.16. The molecule has 0 saturated carbocycles. The third-order valence-corrected chi connectivity index (χ3v) is 4.57. The molecule has 0 bridgehead atoms. The third-order valence-electron chi connectivity index (χ3n) is 4.57. The van der Waals surface area contributed by atoms with Crippen LogP contribution in [0, 0.1) is 17.8 Å². The zero-order chi connectivity index (χ0) is 19.7. The monoisotopic (exact) mass is 509 g/mol. The number of alkyl halides is 3. The lowest BCUT2D eigenvalue weighted by molar-refractivity contribution is -0.137. The maximum absolute atomic E-state index is 12.5. The Balaban J connectivity index is 0.00000392. The van der Waals surface area contributed by atoms with E-state index in [-0.39, 0.29) is 24.0 Å². The van der Waals surface area contributed by atoms with Gasteiger partial charge in [0.05, 0.1) is 12.1 Å². The van der Waals surface area contributed by atoms with Crippen molar-refractivity contribution in [1.29, 1.82) is 0 Å². The average molecular weight is 509 g/mol. The maximum Gasteiger partial charge on any atom is 0.416 e. The first kappa shape index (κ1) is 24.6. The van der Waals surface area contributed by atoms with E-state index in [1.165, 1.54) is 12.1 Å². The van der Waals surface area contributed by atoms with Crippen LogP contribution in [0.4, 0.5) is 13.2 Å². The van der Waals surface area contributed by atoms with Crippen LogP contribution in [0.5, 0.6) is 0 Å². The highest BCUT2D eigenvalue weighted by Gasteiger charge is 2.29. The van der Waals surface area contributed by atoms with E-state index in [1.54, 1.807) is 7.05 Å². The minimum Gasteiger partial charge on any atom is -0.381 e. The average Bonchev–Trinajstić information content (AvgIpc) is 2.66. The number of nitrogens with zero attached hydrogens (tertiary/aromatic N) is 2. The Labute approximate surface area is 181 Å². The first-order chi connectivity index (χ1) is 12.9. The number of rotatable bonds is 4. The molecule has 0 amide bonds. The molecule has 1 N–H and O–H groups in total. The van der Waals surface area contributed by atoms with Crippen LogP contribution in [-0.2, 0) is 10.9 Å². The van der Waals surface area contributed by atoms with Gasteiger partial charge < -0.3 is 15.0 Å². The van der Waals surface area contributed by atoms with Gasteiger partial charge in [0.15, 0.2) is 5.96 Å². The molecule has 4 nitrogen and oxygen atoms in total. The van der Waals surface area contributed by atoms with E-state index in [2.05, 4.69) is 27.0 Å². The molecule has 2 rings (SSSR count). The second-order valence-corrected chi connectivity index (χ2v) is 6.54. The number of benzene rings is 1. The van der Waals surface area contributed by atoms with Gasteiger partial charge in [-0.25, -0.2) is 0 Å². The molecule has 1 aliphatic rings. The Morgan fingerprint density at radius 3 is 2.46 bits per heavy atom. The predicted molar refractivity (Wildman–Crippen MR) is 116 cm³/mol. The summed E-state index contributed by atoms with van der Waals surface area (Å²) in [5.41, 5.74) is -0.120. The minimum atomic E-state index is -4.32. The zero-order valence-electron chi connectivity index (χ0n) is 16.2. The van der Waals surface area contributed by atoms with Crippen molar-refractivity contribution >= 4 is 29.9 Å². The van der Waals surface area contributed by atoms with Gasteiger partial charge in [0.1, 0.15) is 0 Å². The van der Waals surface area contributed by atoms with E-state index in [9.17, 15) is 13.2 Å². The van der Waals surface area contributed by atoms with Crippen LogP contribution in [-0.4, -0.2) is 51.3 Å². The fraction of sp³-hybridized carbons (Fsp3) is 0.550. The molecule has 8 heteroatoms. The zero-order valence-corrected chi connectivity index (χ0v) is 18.5. The van der Waals surface area contributed by atoms with Crippen molar-refractivity contribution in [3.05, 3.63) is 35.4 Å². The van der Waals surface area contributed by atoms with Crippen molar-refractivity contribution in [2.24, 2.45) is 10.9 Å². The van der Waals surface area contributed by atoms with Crippen molar-refractivity contribution in [2.45, 2.75) is 25.4 Å². The van der Waals surface area contributed by atoms with Crippen molar-refractivity contribution in [3.8, 4) is 11.8 Å². The van der Waals surface area contributed by atoms with Crippen LogP contribution >= 0.6 is 24.0 Å². The molecular weight excluding hydrogens is 482 g/mol. The fourth-order valence-corrected chi connectivity index (χ4v) is 2.91. The Bertz CT molecular complexity index is 675. The molecule has 0 radical (unpaired) electrons. The molecule has 1 aromatic rings. The van der Waals surface area contributed by atoms with Crippen LogP contribution in [0.3, 0.4) is 0 Å². The highest BCUT2D eigenvalue weighted by Crippen LogP contribution is 2.28. The summed E-state index contributed by atoms with van der Waals surface area (Å²) in [6.45, 7) is 2.97. The Morgan fingerprint density at radius 2 is 1.89 bits per heavy atom. The fourth-order valence-electron chi connectivity index (χ4n) is 2.91. The normalized spacial score (nSPS) is 15.2. The van der Waals surface area contributed by atoms with E-state index in [0.717, 1.165) is 57.1 Å². The van der Waals surface area contributed by atoms with E-state index in [0.29, 0.717) is 18.0 Å². The van der Waals surface area contributed by atoms with E-state index < -0.39 is 11.7 Å². The smallest absolute Gasteiger partial charge is 0.381 e. The van der Waals surface area contributed by atoms with Crippen molar-refractivity contribution < 1.29 is 17.9 Å². The summed E-state index contributed by atoms with van der Waals surface area (Å²) < 4.78 is 43.0. The summed E-state index contributed by atoms with van der Waals surface area (Å²) in [4.78, 5) is 6.31. The van der Waals surface area contributed by atoms with Gasteiger partial charge in [-0.15, -0.1) is 24.0 Å². The molecular formula is C20H27F3IN3O. The van der Waals surface area contributed by atoms with E-state index in [4.69, 9.17) is 4.74 Å². The van der Waals surface area contributed by atoms with Gasteiger partial charge in [0.25, 0.3) is 0 Å². The third kappa shape index (κ3) is 8.27. The minimum absolute atomic E-state index is 0. The SMILES string of the molecule is CN=C(NCC#Cc1ccc(C(F)(F)F)cc1)N(C)CCC1CCOCC1.I. The van der Waals surface area contributed by atoms with Crippen LogP contribution in [0.25, 0.3) is 0 Å². The van der Waals surface area contributed by atoms with Crippen molar-refractivity contribution in [2.75, 3.05) is 40.4 Å². The molecule has 28 heavy (non-hydrogen) atoms. The number of aliphatic imine (C=N–C) groups is 1. The quantitative estimate of drug-likeness (QED) is 0.289. The van der Waals surface area contributed by atoms with Gasteiger partial charge in [-0.3, -0.25) is 4.99 Å². The van der Waals surface area contributed by atoms with Crippen molar-refractivity contribution in [1.82, 2.24) is 10.2 Å². The van der Waals surface area contributed by atoms with Gasteiger partial charge in [-0.1, -0.05) is 11.8 Å².